The molecule has 5 heteroatoms. The number of Topliss-reactive ketones (excluding diaryl/α,β-unsaturated/α-hetero) is 1. The highest BCUT2D eigenvalue weighted by Gasteiger charge is 2.17. The molecule has 0 spiro atoms. The largest absolute Gasteiger partial charge is 0.493 e. The van der Waals surface area contributed by atoms with Crippen molar-refractivity contribution < 1.29 is 18.7 Å². The monoisotopic (exact) mass is 241 g/mol. The standard InChI is InChI=1S/C12H16FNO3/c1-14-7-10(15)9-4-8(6-13)5-11(16-2)12(9)17-3/h4-5,14H,6-7H2,1-3H3. The summed E-state index contributed by atoms with van der Waals surface area (Å²) >= 11 is 0. The van der Waals surface area contributed by atoms with E-state index in [1.165, 1.54) is 26.4 Å². The molecule has 1 aromatic rings. The van der Waals surface area contributed by atoms with E-state index in [9.17, 15) is 9.18 Å². The number of hydrogen-bond donors (Lipinski definition) is 1. The lowest BCUT2D eigenvalue weighted by Crippen LogP contribution is -2.19. The normalized spacial score (nSPS) is 10.1. The van der Waals surface area contributed by atoms with Crippen LogP contribution < -0.4 is 14.8 Å². The average Bonchev–Trinajstić information content (AvgIpc) is 2.37. The molecule has 0 aliphatic heterocycles. The van der Waals surface area contributed by atoms with E-state index >= 15 is 0 Å². The molecule has 0 amide bonds. The Bertz CT molecular complexity index is 407. The highest BCUT2D eigenvalue weighted by molar-refractivity contribution is 6.01. The van der Waals surface area contributed by atoms with E-state index in [4.69, 9.17) is 9.47 Å². The van der Waals surface area contributed by atoms with Crippen LogP contribution in [0.5, 0.6) is 11.5 Å². The lowest BCUT2D eigenvalue weighted by molar-refractivity contribution is 0.0990. The van der Waals surface area contributed by atoms with Gasteiger partial charge in [0.25, 0.3) is 0 Å². The SMILES string of the molecule is CNCC(=O)c1cc(CF)cc(OC)c1OC. The zero-order valence-electron chi connectivity index (χ0n) is 10.2. The van der Waals surface area contributed by atoms with Gasteiger partial charge in [-0.3, -0.25) is 4.79 Å². The minimum Gasteiger partial charge on any atom is -0.493 e. The predicted octanol–water partition coefficient (Wildman–Crippen LogP) is 1.58. The summed E-state index contributed by atoms with van der Waals surface area (Å²) in [5.41, 5.74) is 0.718. The van der Waals surface area contributed by atoms with E-state index in [1.807, 2.05) is 0 Å². The van der Waals surface area contributed by atoms with Crippen molar-refractivity contribution >= 4 is 5.78 Å². The molecule has 1 rings (SSSR count). The first-order valence-corrected chi connectivity index (χ1v) is 5.16. The van der Waals surface area contributed by atoms with Gasteiger partial charge in [0.05, 0.1) is 26.3 Å². The number of ether oxygens (including phenoxy) is 2. The third kappa shape index (κ3) is 2.94. The summed E-state index contributed by atoms with van der Waals surface area (Å²) in [5.74, 6) is 0.532. The highest BCUT2D eigenvalue weighted by Crippen LogP contribution is 2.33. The van der Waals surface area contributed by atoms with Gasteiger partial charge in [-0.2, -0.15) is 0 Å². The van der Waals surface area contributed by atoms with Gasteiger partial charge in [-0.25, -0.2) is 4.39 Å². The fraction of sp³-hybridized carbons (Fsp3) is 0.417. The fourth-order valence-corrected chi connectivity index (χ4v) is 1.56. The van der Waals surface area contributed by atoms with Crippen molar-refractivity contribution in [2.45, 2.75) is 6.67 Å². The Hall–Kier alpha value is -1.62. The molecule has 0 saturated heterocycles. The average molecular weight is 241 g/mol. The van der Waals surface area contributed by atoms with Gasteiger partial charge in [-0.1, -0.05) is 0 Å². The van der Waals surface area contributed by atoms with Crippen LogP contribution in [-0.2, 0) is 6.67 Å². The minimum absolute atomic E-state index is 0.162. The maximum Gasteiger partial charge on any atom is 0.180 e. The Morgan fingerprint density at radius 1 is 1.35 bits per heavy atom. The van der Waals surface area contributed by atoms with Crippen molar-refractivity contribution in [3.8, 4) is 11.5 Å². The Morgan fingerprint density at radius 2 is 2.06 bits per heavy atom. The zero-order chi connectivity index (χ0) is 12.8. The summed E-state index contributed by atoms with van der Waals surface area (Å²) in [6.07, 6.45) is 0. The van der Waals surface area contributed by atoms with Gasteiger partial charge in [0.15, 0.2) is 17.3 Å². The molecule has 94 valence electrons. The molecule has 0 atom stereocenters. The van der Waals surface area contributed by atoms with Gasteiger partial charge in [-0.15, -0.1) is 0 Å². The first-order valence-electron chi connectivity index (χ1n) is 5.16. The van der Waals surface area contributed by atoms with Crippen LogP contribution in [0.15, 0.2) is 12.1 Å². The van der Waals surface area contributed by atoms with Crippen molar-refractivity contribution in [2.24, 2.45) is 0 Å². The third-order valence-corrected chi connectivity index (χ3v) is 2.33. The number of carbonyl (C=O) groups excluding carboxylic acids is 1. The molecule has 17 heavy (non-hydrogen) atoms. The number of carbonyl (C=O) groups is 1. The van der Waals surface area contributed by atoms with E-state index in [0.29, 0.717) is 22.6 Å². The van der Waals surface area contributed by atoms with Gasteiger partial charge in [0.1, 0.15) is 6.67 Å². The van der Waals surface area contributed by atoms with Gasteiger partial charge < -0.3 is 14.8 Å². The minimum atomic E-state index is -0.653. The van der Waals surface area contributed by atoms with Crippen molar-refractivity contribution in [1.82, 2.24) is 5.32 Å². The molecule has 0 bridgehead atoms. The Morgan fingerprint density at radius 3 is 2.53 bits per heavy atom. The van der Waals surface area contributed by atoms with Gasteiger partial charge in [0, 0.05) is 0 Å². The lowest BCUT2D eigenvalue weighted by Gasteiger charge is -2.13. The molecule has 0 aliphatic carbocycles. The van der Waals surface area contributed by atoms with E-state index in [-0.39, 0.29) is 12.3 Å². The molecule has 0 aliphatic rings. The van der Waals surface area contributed by atoms with Gasteiger partial charge in [0.2, 0.25) is 0 Å². The first-order chi connectivity index (χ1) is 8.17. The maximum absolute atomic E-state index is 12.7. The van der Waals surface area contributed by atoms with E-state index in [0.717, 1.165) is 0 Å². The number of ketones is 1. The number of benzene rings is 1. The Balaban J connectivity index is 3.28. The summed E-state index contributed by atoms with van der Waals surface area (Å²) in [5, 5.41) is 2.75. The van der Waals surface area contributed by atoms with Gasteiger partial charge >= 0.3 is 0 Å². The Labute approximate surface area is 99.7 Å². The highest BCUT2D eigenvalue weighted by atomic mass is 19.1. The zero-order valence-corrected chi connectivity index (χ0v) is 10.2. The summed E-state index contributed by atoms with van der Waals surface area (Å²) in [6, 6.07) is 3.01. The number of halogens is 1. The molecule has 0 fully saturated rings. The Kier molecular flexibility index (Phi) is 4.90. The molecular formula is C12H16FNO3. The number of alkyl halides is 1. The molecular weight excluding hydrogens is 225 g/mol. The van der Waals surface area contributed by atoms with Crippen LogP contribution in [0.2, 0.25) is 0 Å². The summed E-state index contributed by atoms with van der Waals surface area (Å²) < 4.78 is 22.9. The van der Waals surface area contributed by atoms with Crippen LogP contribution >= 0.6 is 0 Å². The third-order valence-electron chi connectivity index (χ3n) is 2.33. The van der Waals surface area contributed by atoms with Crippen LogP contribution in [0.3, 0.4) is 0 Å². The topological polar surface area (TPSA) is 47.6 Å². The molecule has 0 unspecified atom stereocenters. The summed E-state index contributed by atoms with van der Waals surface area (Å²) in [6.45, 7) is -0.491. The van der Waals surface area contributed by atoms with Crippen LogP contribution in [0, 0.1) is 0 Å². The van der Waals surface area contributed by atoms with Crippen LogP contribution in [0.25, 0.3) is 0 Å². The van der Waals surface area contributed by atoms with Crippen molar-refractivity contribution in [1.29, 1.82) is 0 Å². The molecule has 1 N–H and O–H groups in total. The van der Waals surface area contributed by atoms with Gasteiger partial charge in [-0.05, 0) is 24.7 Å². The summed E-state index contributed by atoms with van der Waals surface area (Å²) in [7, 11) is 4.57. The molecule has 1 aromatic carbocycles. The smallest absolute Gasteiger partial charge is 0.180 e. The summed E-state index contributed by atoms with van der Waals surface area (Å²) in [4.78, 5) is 11.8. The van der Waals surface area contributed by atoms with E-state index in [2.05, 4.69) is 5.32 Å². The molecule has 0 aromatic heterocycles. The number of hydrogen-bond acceptors (Lipinski definition) is 4. The number of nitrogens with one attached hydrogen (secondary N) is 1. The molecule has 0 heterocycles. The maximum atomic E-state index is 12.7. The number of methoxy groups -OCH3 is 2. The first kappa shape index (κ1) is 13.4. The number of likely N-dealkylation sites (N-methyl/N-ethyl adjacent to an activating group) is 1. The fourth-order valence-electron chi connectivity index (χ4n) is 1.56. The van der Waals surface area contributed by atoms with Crippen molar-refractivity contribution in [3.63, 3.8) is 0 Å². The second kappa shape index (κ2) is 6.20. The lowest BCUT2D eigenvalue weighted by atomic mass is 10.1. The van der Waals surface area contributed by atoms with Crippen molar-refractivity contribution in [2.75, 3.05) is 27.8 Å². The van der Waals surface area contributed by atoms with Crippen molar-refractivity contribution in [3.05, 3.63) is 23.3 Å². The molecule has 0 radical (unpaired) electrons. The predicted molar refractivity (Wildman–Crippen MR) is 62.6 cm³/mol. The van der Waals surface area contributed by atoms with E-state index in [1.54, 1.807) is 7.05 Å². The van der Waals surface area contributed by atoms with Crippen LogP contribution in [0.4, 0.5) is 4.39 Å². The number of rotatable bonds is 6. The second-order valence-corrected chi connectivity index (χ2v) is 3.47. The second-order valence-electron chi connectivity index (χ2n) is 3.47. The van der Waals surface area contributed by atoms with Crippen LogP contribution in [0.1, 0.15) is 15.9 Å². The quantitative estimate of drug-likeness (QED) is 0.768. The van der Waals surface area contributed by atoms with E-state index < -0.39 is 6.67 Å². The molecule has 0 saturated carbocycles. The van der Waals surface area contributed by atoms with Crippen LogP contribution in [-0.4, -0.2) is 33.6 Å². The molecule has 4 nitrogen and oxygen atoms in total.